The van der Waals surface area contributed by atoms with Gasteiger partial charge >= 0.3 is 0 Å². The topological polar surface area (TPSA) is 93.8 Å². The lowest BCUT2D eigenvalue weighted by molar-refractivity contribution is -0.148. The summed E-state index contributed by atoms with van der Waals surface area (Å²) in [5, 5.41) is 9.35. The lowest BCUT2D eigenvalue weighted by Gasteiger charge is -2.38. The Kier molecular flexibility index (Phi) is 5.95. The molecule has 8 heteroatoms. The van der Waals surface area contributed by atoms with Crippen molar-refractivity contribution < 1.29 is 14.4 Å². The Balaban J connectivity index is 1.85. The molecule has 3 rings (SSSR count). The van der Waals surface area contributed by atoms with Crippen LogP contribution < -0.4 is 16.0 Å². The molecule has 29 heavy (non-hydrogen) atoms. The molecule has 0 saturated carbocycles. The first-order valence-corrected chi connectivity index (χ1v) is 9.96. The standard InChI is InChI=1S/C21H31N5O3/c1-21(2,3)24-16-14(22-18(27)13-9-7-6-8-10-13)12-26-17(16)19(28)23-15(20(26)29)11-25(4)5/h6-10,14-17,24H,11-12H2,1-5H3,(H,22,27)(H,23,28). The molecule has 2 aliphatic rings. The molecule has 2 saturated heterocycles. The van der Waals surface area contributed by atoms with E-state index < -0.39 is 12.1 Å². The van der Waals surface area contributed by atoms with Crippen molar-refractivity contribution >= 4 is 17.7 Å². The molecule has 2 heterocycles. The summed E-state index contributed by atoms with van der Waals surface area (Å²) in [4.78, 5) is 42.2. The molecule has 158 valence electrons. The molecule has 2 fully saturated rings. The third-order valence-corrected chi connectivity index (χ3v) is 5.17. The molecule has 0 bridgehead atoms. The van der Waals surface area contributed by atoms with Gasteiger partial charge in [-0.1, -0.05) is 18.2 Å². The second kappa shape index (κ2) is 8.12. The molecule has 0 aliphatic carbocycles. The van der Waals surface area contributed by atoms with E-state index in [1.807, 2.05) is 45.8 Å². The van der Waals surface area contributed by atoms with E-state index in [9.17, 15) is 14.4 Å². The van der Waals surface area contributed by atoms with Gasteiger partial charge in [-0.05, 0) is 47.0 Å². The lowest BCUT2D eigenvalue weighted by atomic mass is 9.97. The fraction of sp³-hybridized carbons (Fsp3) is 0.571. The molecule has 1 aromatic carbocycles. The van der Waals surface area contributed by atoms with E-state index in [-0.39, 0.29) is 35.3 Å². The average molecular weight is 402 g/mol. The monoisotopic (exact) mass is 401 g/mol. The van der Waals surface area contributed by atoms with Crippen LogP contribution in [0.25, 0.3) is 0 Å². The van der Waals surface area contributed by atoms with Crippen LogP contribution in [0.15, 0.2) is 30.3 Å². The van der Waals surface area contributed by atoms with Crippen molar-refractivity contribution in [2.45, 2.75) is 50.5 Å². The molecule has 3 N–H and O–H groups in total. The first-order valence-electron chi connectivity index (χ1n) is 9.96. The predicted octanol–water partition coefficient (Wildman–Crippen LogP) is -0.187. The van der Waals surface area contributed by atoms with Gasteiger partial charge in [0.25, 0.3) is 5.91 Å². The maximum Gasteiger partial charge on any atom is 0.251 e. The number of hydrogen-bond acceptors (Lipinski definition) is 5. The number of rotatable bonds is 5. The van der Waals surface area contributed by atoms with Gasteiger partial charge in [0.15, 0.2) is 0 Å². The van der Waals surface area contributed by atoms with Crippen LogP contribution in [0.4, 0.5) is 0 Å². The maximum atomic E-state index is 13.0. The number of fused-ring (bicyclic) bond motifs is 1. The van der Waals surface area contributed by atoms with Crippen LogP contribution in [0.1, 0.15) is 31.1 Å². The quantitative estimate of drug-likeness (QED) is 0.636. The van der Waals surface area contributed by atoms with Gasteiger partial charge in [-0.3, -0.25) is 14.4 Å². The second-order valence-electron chi connectivity index (χ2n) is 9.12. The van der Waals surface area contributed by atoms with Crippen LogP contribution in [0.3, 0.4) is 0 Å². The van der Waals surface area contributed by atoms with Crippen molar-refractivity contribution in [2.24, 2.45) is 0 Å². The van der Waals surface area contributed by atoms with Crippen LogP contribution in [0, 0.1) is 0 Å². The highest BCUT2D eigenvalue weighted by Crippen LogP contribution is 2.26. The minimum absolute atomic E-state index is 0.111. The summed E-state index contributed by atoms with van der Waals surface area (Å²) in [6.45, 7) is 6.74. The number of likely N-dealkylation sites (N-methyl/N-ethyl adjacent to an activating group) is 1. The van der Waals surface area contributed by atoms with E-state index in [2.05, 4.69) is 16.0 Å². The van der Waals surface area contributed by atoms with Gasteiger partial charge in [0, 0.05) is 24.2 Å². The fourth-order valence-corrected chi connectivity index (χ4v) is 4.05. The predicted molar refractivity (Wildman–Crippen MR) is 110 cm³/mol. The number of piperazine rings is 1. The van der Waals surface area contributed by atoms with E-state index in [1.54, 1.807) is 29.2 Å². The fourth-order valence-electron chi connectivity index (χ4n) is 4.05. The van der Waals surface area contributed by atoms with Crippen molar-refractivity contribution in [3.63, 3.8) is 0 Å². The molecule has 8 nitrogen and oxygen atoms in total. The zero-order chi connectivity index (χ0) is 21.3. The summed E-state index contributed by atoms with van der Waals surface area (Å²) < 4.78 is 0. The zero-order valence-corrected chi connectivity index (χ0v) is 17.7. The van der Waals surface area contributed by atoms with Crippen molar-refractivity contribution in [3.05, 3.63) is 35.9 Å². The largest absolute Gasteiger partial charge is 0.346 e. The lowest BCUT2D eigenvalue weighted by Crippen LogP contribution is -2.68. The van der Waals surface area contributed by atoms with Gasteiger partial charge in [0.1, 0.15) is 12.1 Å². The van der Waals surface area contributed by atoms with E-state index in [1.165, 1.54) is 0 Å². The van der Waals surface area contributed by atoms with Gasteiger partial charge in [-0.25, -0.2) is 0 Å². The summed E-state index contributed by atoms with van der Waals surface area (Å²) in [5.41, 5.74) is 0.258. The van der Waals surface area contributed by atoms with E-state index in [4.69, 9.17) is 0 Å². The SMILES string of the molecule is CN(C)CC1NC(=O)C2C(NC(C)(C)C)C(NC(=O)c3ccccc3)CN2C1=O. The third kappa shape index (κ3) is 4.76. The number of carbonyl (C=O) groups is 3. The molecule has 0 aromatic heterocycles. The van der Waals surface area contributed by atoms with Gasteiger partial charge in [-0.15, -0.1) is 0 Å². The molecular formula is C21H31N5O3. The van der Waals surface area contributed by atoms with Crippen LogP contribution in [-0.2, 0) is 9.59 Å². The van der Waals surface area contributed by atoms with Gasteiger partial charge in [0.2, 0.25) is 11.8 Å². The van der Waals surface area contributed by atoms with Crippen molar-refractivity contribution in [2.75, 3.05) is 27.2 Å². The first kappa shape index (κ1) is 21.3. The van der Waals surface area contributed by atoms with Crippen LogP contribution >= 0.6 is 0 Å². The molecule has 0 radical (unpaired) electrons. The van der Waals surface area contributed by atoms with E-state index >= 15 is 0 Å². The number of carbonyl (C=O) groups excluding carboxylic acids is 3. The third-order valence-electron chi connectivity index (χ3n) is 5.17. The van der Waals surface area contributed by atoms with Gasteiger partial charge < -0.3 is 25.8 Å². The molecule has 4 atom stereocenters. The first-order chi connectivity index (χ1) is 13.6. The maximum absolute atomic E-state index is 13.0. The van der Waals surface area contributed by atoms with Crippen molar-refractivity contribution in [3.8, 4) is 0 Å². The highest BCUT2D eigenvalue weighted by molar-refractivity contribution is 5.99. The number of nitrogens with one attached hydrogen (secondary N) is 3. The van der Waals surface area contributed by atoms with Crippen LogP contribution in [0.2, 0.25) is 0 Å². The summed E-state index contributed by atoms with van der Waals surface area (Å²) in [7, 11) is 3.73. The molecule has 0 spiro atoms. The number of amides is 3. The Labute approximate surface area is 172 Å². The Hall–Kier alpha value is -2.45. The number of benzene rings is 1. The van der Waals surface area contributed by atoms with E-state index in [0.717, 1.165) is 0 Å². The number of hydrogen-bond donors (Lipinski definition) is 3. The molecule has 4 unspecified atom stereocenters. The molecule has 1 aromatic rings. The summed E-state index contributed by atoms with van der Waals surface area (Å²) in [6.07, 6.45) is 0. The minimum Gasteiger partial charge on any atom is -0.346 e. The highest BCUT2D eigenvalue weighted by atomic mass is 16.2. The Morgan fingerprint density at radius 3 is 2.45 bits per heavy atom. The Morgan fingerprint density at radius 1 is 1.21 bits per heavy atom. The number of nitrogens with zero attached hydrogens (tertiary/aromatic N) is 2. The highest BCUT2D eigenvalue weighted by Gasteiger charge is 2.53. The van der Waals surface area contributed by atoms with Crippen LogP contribution in [-0.4, -0.2) is 84.4 Å². The molecular weight excluding hydrogens is 370 g/mol. The van der Waals surface area contributed by atoms with Gasteiger partial charge in [0.05, 0.1) is 12.1 Å². The molecule has 2 aliphatic heterocycles. The summed E-state index contributed by atoms with van der Waals surface area (Å²) >= 11 is 0. The zero-order valence-electron chi connectivity index (χ0n) is 17.7. The summed E-state index contributed by atoms with van der Waals surface area (Å²) in [5.74, 6) is -0.510. The summed E-state index contributed by atoms with van der Waals surface area (Å²) in [6, 6.07) is 6.97. The molecule has 3 amide bonds. The average Bonchev–Trinajstić information content (AvgIpc) is 2.97. The van der Waals surface area contributed by atoms with Crippen molar-refractivity contribution in [1.29, 1.82) is 0 Å². The van der Waals surface area contributed by atoms with E-state index in [0.29, 0.717) is 18.7 Å². The van der Waals surface area contributed by atoms with Crippen LogP contribution in [0.5, 0.6) is 0 Å². The second-order valence-corrected chi connectivity index (χ2v) is 9.12. The van der Waals surface area contributed by atoms with Gasteiger partial charge in [-0.2, -0.15) is 0 Å². The Bertz CT molecular complexity index is 774. The Morgan fingerprint density at radius 2 is 1.86 bits per heavy atom. The normalized spacial score (nSPS) is 27.0. The minimum atomic E-state index is -0.652. The smallest absolute Gasteiger partial charge is 0.251 e. The van der Waals surface area contributed by atoms with Crippen molar-refractivity contribution in [1.82, 2.24) is 25.8 Å².